The van der Waals surface area contributed by atoms with Gasteiger partial charge in [0.1, 0.15) is 11.3 Å². The molecule has 1 rings (SSSR count). The van der Waals surface area contributed by atoms with Gasteiger partial charge in [-0.25, -0.2) is 4.79 Å². The topological polar surface area (TPSA) is 46.5 Å². The molecule has 0 amide bonds. The molecule has 0 radical (unpaired) electrons. The maximum absolute atomic E-state index is 10.8. The van der Waals surface area contributed by atoms with Crippen LogP contribution in [0.5, 0.6) is 5.75 Å². The molecule has 0 fully saturated rings. The standard InChI is InChI=1S/C11H14O3.Na.H/c1-8(2)7-14-10-6-4-3-5-9(10)11(12)13;;/h3-6,8H,7H2,1-2H3,(H,12,13);;/q;+1;-1. The average Bonchev–Trinajstić information content (AvgIpc) is 2.15. The summed E-state index contributed by atoms with van der Waals surface area (Å²) < 4.78 is 5.38. The van der Waals surface area contributed by atoms with Crippen molar-refractivity contribution in [2.45, 2.75) is 13.8 Å². The summed E-state index contributed by atoms with van der Waals surface area (Å²) in [5, 5.41) is 8.85. The van der Waals surface area contributed by atoms with Crippen molar-refractivity contribution in [2.24, 2.45) is 5.92 Å². The molecule has 1 aromatic rings. The fourth-order valence-electron chi connectivity index (χ4n) is 1.03. The zero-order valence-corrected chi connectivity index (χ0v) is 11.4. The first-order valence-corrected chi connectivity index (χ1v) is 4.56. The third-order valence-electron chi connectivity index (χ3n) is 1.69. The number of aromatic carboxylic acids is 1. The van der Waals surface area contributed by atoms with E-state index in [1.807, 2.05) is 13.8 Å². The zero-order valence-electron chi connectivity index (χ0n) is 10.4. The monoisotopic (exact) mass is 218 g/mol. The minimum absolute atomic E-state index is 0. The maximum Gasteiger partial charge on any atom is 1.00 e. The molecule has 0 spiro atoms. The molecule has 0 heterocycles. The molecule has 15 heavy (non-hydrogen) atoms. The SMILES string of the molecule is CC(C)COc1ccccc1C(=O)O.[H-].[Na+]. The van der Waals surface area contributed by atoms with E-state index in [4.69, 9.17) is 9.84 Å². The fourth-order valence-corrected chi connectivity index (χ4v) is 1.03. The zero-order chi connectivity index (χ0) is 10.6. The van der Waals surface area contributed by atoms with E-state index in [1.54, 1.807) is 18.2 Å². The Bertz CT molecular complexity index is 329. The summed E-state index contributed by atoms with van der Waals surface area (Å²) in [6, 6.07) is 6.66. The number of benzene rings is 1. The molecular formula is C11H15NaO3. The number of carboxylic acids is 1. The van der Waals surface area contributed by atoms with Gasteiger partial charge in [-0.1, -0.05) is 26.0 Å². The van der Waals surface area contributed by atoms with Crippen molar-refractivity contribution < 1.29 is 45.6 Å². The Morgan fingerprint density at radius 1 is 1.47 bits per heavy atom. The van der Waals surface area contributed by atoms with Crippen LogP contribution in [0.4, 0.5) is 0 Å². The number of ether oxygens (including phenoxy) is 1. The molecule has 0 aliphatic carbocycles. The predicted molar refractivity (Wildman–Crippen MR) is 54.8 cm³/mol. The van der Waals surface area contributed by atoms with E-state index in [0.29, 0.717) is 18.3 Å². The van der Waals surface area contributed by atoms with Crippen LogP contribution in [0.15, 0.2) is 24.3 Å². The van der Waals surface area contributed by atoms with Crippen LogP contribution in [-0.2, 0) is 0 Å². The summed E-state index contributed by atoms with van der Waals surface area (Å²) in [7, 11) is 0. The summed E-state index contributed by atoms with van der Waals surface area (Å²) in [6.45, 7) is 4.57. The molecule has 0 aliphatic heterocycles. The Hall–Kier alpha value is -0.510. The second kappa shape index (κ2) is 6.88. The summed E-state index contributed by atoms with van der Waals surface area (Å²) in [5.74, 6) is -0.130. The molecule has 0 saturated heterocycles. The van der Waals surface area contributed by atoms with Gasteiger partial charge in [-0.3, -0.25) is 0 Å². The van der Waals surface area contributed by atoms with Crippen molar-refractivity contribution in [3.05, 3.63) is 29.8 Å². The molecule has 1 N–H and O–H groups in total. The normalized spacial score (nSPS) is 9.53. The summed E-state index contributed by atoms with van der Waals surface area (Å²) in [5.41, 5.74) is 0.216. The molecule has 78 valence electrons. The fraction of sp³-hybridized carbons (Fsp3) is 0.364. The Balaban J connectivity index is 0. The molecular weight excluding hydrogens is 203 g/mol. The van der Waals surface area contributed by atoms with Crippen molar-refractivity contribution in [1.29, 1.82) is 0 Å². The molecule has 0 saturated carbocycles. The van der Waals surface area contributed by atoms with E-state index in [1.165, 1.54) is 6.07 Å². The van der Waals surface area contributed by atoms with Gasteiger partial charge >= 0.3 is 35.5 Å². The van der Waals surface area contributed by atoms with Crippen molar-refractivity contribution in [3.63, 3.8) is 0 Å². The summed E-state index contributed by atoms with van der Waals surface area (Å²) in [6.07, 6.45) is 0. The molecule has 0 atom stereocenters. The number of rotatable bonds is 4. The largest absolute Gasteiger partial charge is 1.00 e. The number of hydrogen-bond donors (Lipinski definition) is 1. The van der Waals surface area contributed by atoms with Crippen molar-refractivity contribution in [3.8, 4) is 5.75 Å². The van der Waals surface area contributed by atoms with Gasteiger partial charge in [-0.2, -0.15) is 0 Å². The molecule has 3 nitrogen and oxygen atoms in total. The Morgan fingerprint density at radius 3 is 2.60 bits per heavy atom. The number of hydrogen-bond acceptors (Lipinski definition) is 2. The molecule has 0 aromatic heterocycles. The van der Waals surface area contributed by atoms with Crippen molar-refractivity contribution in [2.75, 3.05) is 6.61 Å². The average molecular weight is 218 g/mol. The first-order chi connectivity index (χ1) is 6.61. The van der Waals surface area contributed by atoms with Crippen LogP contribution in [0, 0.1) is 5.92 Å². The van der Waals surface area contributed by atoms with E-state index in [2.05, 4.69) is 0 Å². The Kier molecular flexibility index (Phi) is 6.65. The molecule has 0 bridgehead atoms. The first-order valence-electron chi connectivity index (χ1n) is 4.56. The van der Waals surface area contributed by atoms with Gasteiger partial charge < -0.3 is 11.3 Å². The second-order valence-electron chi connectivity index (χ2n) is 3.51. The van der Waals surface area contributed by atoms with Gasteiger partial charge in [-0.05, 0) is 18.1 Å². The minimum Gasteiger partial charge on any atom is -1.00 e. The van der Waals surface area contributed by atoms with Crippen LogP contribution < -0.4 is 34.3 Å². The van der Waals surface area contributed by atoms with Gasteiger partial charge in [0, 0.05) is 0 Å². The van der Waals surface area contributed by atoms with Gasteiger partial charge in [0.15, 0.2) is 0 Å². The van der Waals surface area contributed by atoms with Crippen LogP contribution in [0.2, 0.25) is 0 Å². The maximum atomic E-state index is 10.8. The third kappa shape index (κ3) is 4.69. The van der Waals surface area contributed by atoms with Crippen LogP contribution in [0.3, 0.4) is 0 Å². The minimum atomic E-state index is -0.954. The van der Waals surface area contributed by atoms with Crippen LogP contribution >= 0.6 is 0 Å². The molecule has 0 aliphatic rings. The van der Waals surface area contributed by atoms with Crippen LogP contribution in [0.25, 0.3) is 0 Å². The van der Waals surface area contributed by atoms with Crippen LogP contribution in [-0.4, -0.2) is 17.7 Å². The van der Waals surface area contributed by atoms with E-state index in [-0.39, 0.29) is 36.5 Å². The Morgan fingerprint density at radius 2 is 2.07 bits per heavy atom. The summed E-state index contributed by atoms with van der Waals surface area (Å²) in [4.78, 5) is 10.8. The quantitative estimate of drug-likeness (QED) is 0.695. The van der Waals surface area contributed by atoms with Gasteiger partial charge in [-0.15, -0.1) is 0 Å². The van der Waals surface area contributed by atoms with E-state index < -0.39 is 5.97 Å². The number of carbonyl (C=O) groups is 1. The molecule has 1 aromatic carbocycles. The van der Waals surface area contributed by atoms with E-state index in [0.717, 1.165) is 0 Å². The predicted octanol–water partition coefficient (Wildman–Crippen LogP) is -0.464. The van der Waals surface area contributed by atoms with Gasteiger partial charge in [0.25, 0.3) is 0 Å². The van der Waals surface area contributed by atoms with Gasteiger partial charge in [0.2, 0.25) is 0 Å². The number of para-hydroxylation sites is 1. The molecule has 0 unspecified atom stereocenters. The van der Waals surface area contributed by atoms with Crippen LogP contribution in [0.1, 0.15) is 25.6 Å². The van der Waals surface area contributed by atoms with Gasteiger partial charge in [0.05, 0.1) is 6.61 Å². The van der Waals surface area contributed by atoms with E-state index in [9.17, 15) is 4.79 Å². The number of carboxylic acid groups (broad SMARTS) is 1. The second-order valence-corrected chi connectivity index (χ2v) is 3.51. The smallest absolute Gasteiger partial charge is 1.00 e. The van der Waals surface area contributed by atoms with E-state index >= 15 is 0 Å². The Labute approximate surface area is 113 Å². The van der Waals surface area contributed by atoms with Crippen molar-refractivity contribution in [1.82, 2.24) is 0 Å². The third-order valence-corrected chi connectivity index (χ3v) is 1.69. The summed E-state index contributed by atoms with van der Waals surface area (Å²) >= 11 is 0. The first kappa shape index (κ1) is 14.5. The van der Waals surface area contributed by atoms with Crippen molar-refractivity contribution >= 4 is 5.97 Å². The molecule has 4 heteroatoms.